The second-order valence-electron chi connectivity index (χ2n) is 6.38. The highest BCUT2D eigenvalue weighted by molar-refractivity contribution is 5.85. The molecular formula is C20H25N4O4+. The highest BCUT2D eigenvalue weighted by Crippen LogP contribution is 2.26. The van der Waals surface area contributed by atoms with Gasteiger partial charge < -0.3 is 19.5 Å². The number of nitrogens with zero attached hydrogens (tertiary/aromatic N) is 2. The number of hydrogen-bond acceptors (Lipinski definition) is 6. The number of phenols is 1. The fraction of sp³-hybridized carbons (Fsp3) is 0.350. The summed E-state index contributed by atoms with van der Waals surface area (Å²) in [5.41, 5.74) is 4.16. The van der Waals surface area contributed by atoms with Gasteiger partial charge in [0.1, 0.15) is 13.1 Å². The molecule has 1 aliphatic heterocycles. The van der Waals surface area contributed by atoms with Crippen molar-refractivity contribution in [1.82, 2.24) is 10.4 Å². The van der Waals surface area contributed by atoms with Gasteiger partial charge >= 0.3 is 5.91 Å². The molecule has 0 spiro atoms. The first-order chi connectivity index (χ1) is 13.7. The summed E-state index contributed by atoms with van der Waals surface area (Å²) in [7, 11) is 0. The van der Waals surface area contributed by atoms with E-state index in [1.54, 1.807) is 24.5 Å². The number of benzene rings is 1. The van der Waals surface area contributed by atoms with E-state index in [0.717, 1.165) is 23.6 Å². The molecule has 1 aromatic heterocycles. The van der Waals surface area contributed by atoms with Crippen LogP contribution in [0.2, 0.25) is 0 Å². The molecule has 1 aliphatic rings. The minimum atomic E-state index is -0.391. The molecule has 0 aliphatic carbocycles. The third kappa shape index (κ3) is 5.05. The van der Waals surface area contributed by atoms with Gasteiger partial charge in [-0.15, -0.1) is 0 Å². The molecule has 8 heteroatoms. The van der Waals surface area contributed by atoms with Crippen LogP contribution in [0.15, 0.2) is 47.8 Å². The fourth-order valence-electron chi connectivity index (χ4n) is 3.18. The summed E-state index contributed by atoms with van der Waals surface area (Å²) < 4.78 is 10.7. The van der Waals surface area contributed by atoms with Crippen molar-refractivity contribution in [2.24, 2.45) is 5.10 Å². The van der Waals surface area contributed by atoms with E-state index in [9.17, 15) is 9.90 Å². The van der Waals surface area contributed by atoms with Crippen LogP contribution in [0.1, 0.15) is 24.1 Å². The van der Waals surface area contributed by atoms with Crippen molar-refractivity contribution in [3.8, 4) is 11.5 Å². The minimum Gasteiger partial charge on any atom is -0.504 e. The molecule has 0 saturated carbocycles. The number of carbonyl (C=O) groups is 1. The summed E-state index contributed by atoms with van der Waals surface area (Å²) >= 11 is 0. The lowest BCUT2D eigenvalue weighted by molar-refractivity contribution is -0.929. The largest absolute Gasteiger partial charge is 0.504 e. The van der Waals surface area contributed by atoms with Crippen LogP contribution in [-0.4, -0.2) is 55.1 Å². The maximum Gasteiger partial charge on any atom is 0.303 e. The molecule has 148 valence electrons. The molecule has 1 atom stereocenters. The highest BCUT2D eigenvalue weighted by atomic mass is 16.5. The van der Waals surface area contributed by atoms with Gasteiger partial charge in [0.2, 0.25) is 0 Å². The Bertz CT molecular complexity index is 807. The molecule has 3 N–H and O–H groups in total. The standard InChI is InChI=1S/C20H24N4O4/c1-2-28-18-4-3-15(13-17(18)25)14-22-23-20(26)19(16-5-7-21-8-6-16)24-9-11-27-12-10-24/h3-8,13-14,19,25H,2,9-12H2,1H3,(H,23,26)/p+1/b22-14-/t19-/m1/s1. The van der Waals surface area contributed by atoms with Gasteiger partial charge in [0, 0.05) is 18.0 Å². The van der Waals surface area contributed by atoms with Crippen molar-refractivity contribution < 1.29 is 24.3 Å². The van der Waals surface area contributed by atoms with Crippen LogP contribution in [0.4, 0.5) is 0 Å². The topological polar surface area (TPSA) is 97.5 Å². The third-order valence-electron chi connectivity index (χ3n) is 4.52. The molecule has 0 radical (unpaired) electrons. The third-order valence-corrected chi connectivity index (χ3v) is 4.52. The molecule has 8 nitrogen and oxygen atoms in total. The first kappa shape index (κ1) is 19.8. The van der Waals surface area contributed by atoms with Crippen LogP contribution in [0.3, 0.4) is 0 Å². The van der Waals surface area contributed by atoms with E-state index in [-0.39, 0.29) is 11.7 Å². The van der Waals surface area contributed by atoms with E-state index in [2.05, 4.69) is 15.5 Å². The molecule has 28 heavy (non-hydrogen) atoms. The quantitative estimate of drug-likeness (QED) is 0.470. The van der Waals surface area contributed by atoms with Gasteiger partial charge in [0.05, 0.1) is 26.0 Å². The second kappa shape index (κ2) is 9.82. The van der Waals surface area contributed by atoms with Crippen LogP contribution in [0, 0.1) is 0 Å². The van der Waals surface area contributed by atoms with Crippen LogP contribution >= 0.6 is 0 Å². The summed E-state index contributed by atoms with van der Waals surface area (Å²) in [4.78, 5) is 18.0. The van der Waals surface area contributed by atoms with E-state index in [1.165, 1.54) is 12.3 Å². The predicted octanol–water partition coefficient (Wildman–Crippen LogP) is 0.292. The lowest BCUT2D eigenvalue weighted by atomic mass is 10.1. The van der Waals surface area contributed by atoms with Crippen molar-refractivity contribution in [1.29, 1.82) is 0 Å². The van der Waals surface area contributed by atoms with Gasteiger partial charge in [-0.25, -0.2) is 5.43 Å². The summed E-state index contributed by atoms with van der Waals surface area (Å²) in [6.07, 6.45) is 4.86. The van der Waals surface area contributed by atoms with E-state index in [4.69, 9.17) is 9.47 Å². The van der Waals surface area contributed by atoms with Crippen molar-refractivity contribution in [2.45, 2.75) is 13.0 Å². The van der Waals surface area contributed by atoms with Crippen LogP contribution in [0.25, 0.3) is 0 Å². The normalized spacial score (nSPS) is 16.0. The number of hydrazone groups is 1. The second-order valence-corrected chi connectivity index (χ2v) is 6.38. The number of quaternary nitrogens is 1. The van der Waals surface area contributed by atoms with E-state index in [1.807, 2.05) is 19.1 Å². The number of amides is 1. The first-order valence-corrected chi connectivity index (χ1v) is 9.30. The van der Waals surface area contributed by atoms with Crippen LogP contribution < -0.4 is 15.1 Å². The molecule has 1 fully saturated rings. The maximum atomic E-state index is 12.9. The molecule has 3 rings (SSSR count). The van der Waals surface area contributed by atoms with Crippen molar-refractivity contribution in [2.75, 3.05) is 32.9 Å². The average Bonchev–Trinajstić information content (AvgIpc) is 2.72. The van der Waals surface area contributed by atoms with E-state index >= 15 is 0 Å². The average molecular weight is 385 g/mol. The number of carbonyl (C=O) groups excluding carboxylic acids is 1. The van der Waals surface area contributed by atoms with E-state index in [0.29, 0.717) is 31.1 Å². The summed E-state index contributed by atoms with van der Waals surface area (Å²) in [6.45, 7) is 5.06. The van der Waals surface area contributed by atoms with Crippen molar-refractivity contribution in [3.63, 3.8) is 0 Å². The molecule has 1 saturated heterocycles. The number of nitrogens with one attached hydrogen (secondary N) is 2. The van der Waals surface area contributed by atoms with Gasteiger partial charge in [-0.05, 0) is 42.8 Å². The lowest BCUT2D eigenvalue weighted by Gasteiger charge is -2.30. The van der Waals surface area contributed by atoms with Gasteiger partial charge in [-0.3, -0.25) is 9.78 Å². The van der Waals surface area contributed by atoms with Gasteiger partial charge in [0.25, 0.3) is 0 Å². The number of pyridine rings is 1. The molecule has 1 aromatic carbocycles. The zero-order chi connectivity index (χ0) is 19.8. The fourth-order valence-corrected chi connectivity index (χ4v) is 3.18. The molecule has 0 bridgehead atoms. The SMILES string of the molecule is CCOc1ccc(/C=N\NC(=O)[C@@H](c2ccncc2)[NH+]2CCOCC2)cc1O. The van der Waals surface area contributed by atoms with Gasteiger partial charge in [0.15, 0.2) is 17.5 Å². The number of morpholine rings is 1. The molecule has 2 heterocycles. The highest BCUT2D eigenvalue weighted by Gasteiger charge is 2.32. The number of aromatic hydroxyl groups is 1. The summed E-state index contributed by atoms with van der Waals surface area (Å²) in [6, 6.07) is 8.27. The Balaban J connectivity index is 1.69. The number of rotatable bonds is 7. The van der Waals surface area contributed by atoms with E-state index < -0.39 is 6.04 Å². The minimum absolute atomic E-state index is 0.0320. The Morgan fingerprint density at radius 1 is 1.36 bits per heavy atom. The Morgan fingerprint density at radius 3 is 2.79 bits per heavy atom. The Labute approximate surface area is 163 Å². The maximum absolute atomic E-state index is 12.9. The van der Waals surface area contributed by atoms with Crippen molar-refractivity contribution >= 4 is 12.1 Å². The zero-order valence-corrected chi connectivity index (χ0v) is 15.8. The predicted molar refractivity (Wildman–Crippen MR) is 104 cm³/mol. The zero-order valence-electron chi connectivity index (χ0n) is 15.8. The molecule has 0 unspecified atom stereocenters. The Morgan fingerprint density at radius 2 is 2.11 bits per heavy atom. The van der Waals surface area contributed by atoms with Gasteiger partial charge in [-0.1, -0.05) is 0 Å². The summed E-state index contributed by atoms with van der Waals surface area (Å²) in [5, 5.41) is 14.0. The molecule has 1 amide bonds. The monoisotopic (exact) mass is 385 g/mol. The Hall–Kier alpha value is -2.97. The lowest BCUT2D eigenvalue weighted by Crippen LogP contribution is -3.15. The number of aromatic nitrogens is 1. The Kier molecular flexibility index (Phi) is 6.94. The van der Waals surface area contributed by atoms with Crippen LogP contribution in [-0.2, 0) is 9.53 Å². The first-order valence-electron chi connectivity index (χ1n) is 9.30. The van der Waals surface area contributed by atoms with Gasteiger partial charge in [-0.2, -0.15) is 5.10 Å². The number of phenolic OH excluding ortho intramolecular Hbond substituents is 1. The summed E-state index contributed by atoms with van der Waals surface area (Å²) in [5.74, 6) is 0.247. The molecule has 2 aromatic rings. The number of hydrogen-bond donors (Lipinski definition) is 3. The number of ether oxygens (including phenoxy) is 2. The van der Waals surface area contributed by atoms with Crippen LogP contribution in [0.5, 0.6) is 11.5 Å². The molecular weight excluding hydrogens is 360 g/mol. The smallest absolute Gasteiger partial charge is 0.303 e. The van der Waals surface area contributed by atoms with Crippen molar-refractivity contribution in [3.05, 3.63) is 53.9 Å².